The van der Waals surface area contributed by atoms with Crippen LogP contribution in [0.1, 0.15) is 50.2 Å². The summed E-state index contributed by atoms with van der Waals surface area (Å²) in [6, 6.07) is 9.26. The molecule has 2 nitrogen and oxygen atoms in total. The number of aryl methyl sites for hydroxylation is 1. The van der Waals surface area contributed by atoms with E-state index in [4.69, 9.17) is 5.73 Å². The summed E-state index contributed by atoms with van der Waals surface area (Å²) in [6.45, 7) is 6.16. The smallest absolute Gasteiger partial charge is 0.0234 e. The fraction of sp³-hybridized carbons (Fsp3) is 0.647. The van der Waals surface area contributed by atoms with Crippen molar-refractivity contribution in [1.82, 2.24) is 4.90 Å². The van der Waals surface area contributed by atoms with Crippen molar-refractivity contribution < 1.29 is 0 Å². The summed E-state index contributed by atoms with van der Waals surface area (Å²) in [6.07, 6.45) is 6.50. The third-order valence-electron chi connectivity index (χ3n) is 3.80. The minimum absolute atomic E-state index is 0.511. The van der Waals surface area contributed by atoms with E-state index in [1.54, 1.807) is 0 Å². The third kappa shape index (κ3) is 6.22. The van der Waals surface area contributed by atoms with Crippen LogP contribution in [0.4, 0.5) is 0 Å². The first kappa shape index (κ1) is 16.2. The summed E-state index contributed by atoms with van der Waals surface area (Å²) in [5.74, 6) is 0. The molecule has 0 amide bonds. The van der Waals surface area contributed by atoms with Gasteiger partial charge in [0.15, 0.2) is 0 Å². The Kier molecular flexibility index (Phi) is 7.76. The van der Waals surface area contributed by atoms with Crippen molar-refractivity contribution in [2.75, 3.05) is 13.6 Å². The predicted octanol–water partition coefficient (Wildman–Crippen LogP) is 3.72. The Hall–Kier alpha value is -0.860. The zero-order valence-electron chi connectivity index (χ0n) is 12.9. The van der Waals surface area contributed by atoms with E-state index in [1.807, 2.05) is 0 Å². The Labute approximate surface area is 119 Å². The number of likely N-dealkylation sites (N-methyl/N-ethyl adjacent to an activating group) is 1. The van der Waals surface area contributed by atoms with E-state index >= 15 is 0 Å². The molecule has 0 aromatic heterocycles. The van der Waals surface area contributed by atoms with Crippen LogP contribution >= 0.6 is 0 Å². The van der Waals surface area contributed by atoms with E-state index < -0.39 is 0 Å². The second-order valence-corrected chi connectivity index (χ2v) is 5.64. The van der Waals surface area contributed by atoms with Gasteiger partial charge in [-0.25, -0.2) is 0 Å². The van der Waals surface area contributed by atoms with Gasteiger partial charge in [-0.05, 0) is 26.0 Å². The molecule has 2 heteroatoms. The molecular formula is C17H30N2. The minimum Gasteiger partial charge on any atom is -0.329 e. The third-order valence-corrected chi connectivity index (χ3v) is 3.80. The van der Waals surface area contributed by atoms with Crippen LogP contribution in [0.5, 0.6) is 0 Å². The van der Waals surface area contributed by atoms with Crippen LogP contribution in [0.2, 0.25) is 0 Å². The van der Waals surface area contributed by atoms with Crippen LogP contribution in [0.3, 0.4) is 0 Å². The first-order chi connectivity index (χ1) is 9.17. The first-order valence-corrected chi connectivity index (χ1v) is 7.63. The highest BCUT2D eigenvalue weighted by Crippen LogP contribution is 2.13. The Balaban J connectivity index is 2.42. The molecule has 1 unspecified atom stereocenters. The minimum atomic E-state index is 0.511. The van der Waals surface area contributed by atoms with Gasteiger partial charge in [0.25, 0.3) is 0 Å². The molecular weight excluding hydrogens is 232 g/mol. The number of nitrogens with zero attached hydrogens (tertiary/aromatic N) is 1. The van der Waals surface area contributed by atoms with E-state index in [0.717, 1.165) is 13.1 Å². The van der Waals surface area contributed by atoms with Crippen LogP contribution in [-0.4, -0.2) is 24.5 Å². The fourth-order valence-electron chi connectivity index (χ4n) is 2.55. The van der Waals surface area contributed by atoms with Gasteiger partial charge in [-0.2, -0.15) is 0 Å². The highest BCUT2D eigenvalue weighted by Gasteiger charge is 2.12. The molecule has 0 aliphatic heterocycles. The molecule has 0 bridgehead atoms. The highest BCUT2D eigenvalue weighted by atomic mass is 15.1. The zero-order valence-corrected chi connectivity index (χ0v) is 12.9. The topological polar surface area (TPSA) is 29.3 Å². The summed E-state index contributed by atoms with van der Waals surface area (Å²) < 4.78 is 0. The molecule has 2 N–H and O–H groups in total. The summed E-state index contributed by atoms with van der Waals surface area (Å²) in [4.78, 5) is 2.40. The predicted molar refractivity (Wildman–Crippen MR) is 84.2 cm³/mol. The molecule has 1 aromatic carbocycles. The molecule has 0 spiro atoms. The molecule has 108 valence electrons. The molecule has 1 aromatic rings. The molecule has 1 atom stereocenters. The average molecular weight is 262 g/mol. The number of rotatable bonds is 9. The highest BCUT2D eigenvalue weighted by molar-refractivity contribution is 5.22. The van der Waals surface area contributed by atoms with Crippen molar-refractivity contribution in [2.24, 2.45) is 5.73 Å². The van der Waals surface area contributed by atoms with Crippen LogP contribution in [-0.2, 0) is 6.54 Å². The van der Waals surface area contributed by atoms with Gasteiger partial charge in [0.1, 0.15) is 0 Å². The Bertz CT molecular complexity index is 349. The number of benzene rings is 1. The van der Waals surface area contributed by atoms with Crippen molar-refractivity contribution in [3.8, 4) is 0 Å². The van der Waals surface area contributed by atoms with Crippen molar-refractivity contribution in [1.29, 1.82) is 0 Å². The van der Waals surface area contributed by atoms with Gasteiger partial charge in [-0.15, -0.1) is 0 Å². The molecule has 0 aliphatic carbocycles. The Morgan fingerprint density at radius 2 is 2.00 bits per heavy atom. The summed E-state index contributed by atoms with van der Waals surface area (Å²) in [7, 11) is 2.19. The molecule has 0 heterocycles. The van der Waals surface area contributed by atoms with Crippen molar-refractivity contribution in [2.45, 2.75) is 58.5 Å². The summed E-state index contributed by atoms with van der Waals surface area (Å²) >= 11 is 0. The lowest BCUT2D eigenvalue weighted by Crippen LogP contribution is -2.37. The van der Waals surface area contributed by atoms with Crippen LogP contribution < -0.4 is 5.73 Å². The Morgan fingerprint density at radius 3 is 2.63 bits per heavy atom. The van der Waals surface area contributed by atoms with E-state index in [-0.39, 0.29) is 0 Å². The normalized spacial score (nSPS) is 12.9. The van der Waals surface area contributed by atoms with Gasteiger partial charge in [-0.3, -0.25) is 4.90 Å². The van der Waals surface area contributed by atoms with Gasteiger partial charge in [0.05, 0.1) is 0 Å². The molecule has 0 radical (unpaired) electrons. The quantitative estimate of drug-likeness (QED) is 0.687. The summed E-state index contributed by atoms with van der Waals surface area (Å²) in [5, 5.41) is 0. The maximum Gasteiger partial charge on any atom is 0.0234 e. The molecule has 0 saturated carbocycles. The van der Waals surface area contributed by atoms with E-state index in [9.17, 15) is 0 Å². The molecule has 1 rings (SSSR count). The lowest BCUT2D eigenvalue weighted by molar-refractivity contribution is 0.222. The lowest BCUT2D eigenvalue weighted by Gasteiger charge is -2.27. The largest absolute Gasteiger partial charge is 0.329 e. The van der Waals surface area contributed by atoms with Gasteiger partial charge in [-0.1, -0.05) is 62.4 Å². The SMILES string of the molecule is CCCCCCC(CN)N(C)Cc1cccc(C)c1. The first-order valence-electron chi connectivity index (χ1n) is 7.63. The number of hydrogen-bond donors (Lipinski definition) is 1. The number of unbranched alkanes of at least 4 members (excludes halogenated alkanes) is 3. The second kappa shape index (κ2) is 9.11. The summed E-state index contributed by atoms with van der Waals surface area (Å²) in [5.41, 5.74) is 8.65. The van der Waals surface area contributed by atoms with Crippen LogP contribution in [0.25, 0.3) is 0 Å². The van der Waals surface area contributed by atoms with E-state index in [1.165, 1.54) is 43.2 Å². The number of hydrogen-bond acceptors (Lipinski definition) is 2. The van der Waals surface area contributed by atoms with Crippen molar-refractivity contribution in [3.63, 3.8) is 0 Å². The average Bonchev–Trinajstić information content (AvgIpc) is 2.38. The van der Waals surface area contributed by atoms with Crippen LogP contribution in [0.15, 0.2) is 24.3 Å². The molecule has 19 heavy (non-hydrogen) atoms. The standard InChI is InChI=1S/C17H30N2/c1-4-5-6-7-11-17(13-18)19(3)14-16-10-8-9-15(2)12-16/h8-10,12,17H,4-7,11,13-14,18H2,1-3H3. The van der Waals surface area contributed by atoms with E-state index in [0.29, 0.717) is 6.04 Å². The molecule has 0 saturated heterocycles. The molecule has 0 fully saturated rings. The maximum absolute atomic E-state index is 5.93. The van der Waals surface area contributed by atoms with Gasteiger partial charge in [0.2, 0.25) is 0 Å². The van der Waals surface area contributed by atoms with Crippen LogP contribution in [0, 0.1) is 6.92 Å². The lowest BCUT2D eigenvalue weighted by atomic mass is 10.1. The Morgan fingerprint density at radius 1 is 1.21 bits per heavy atom. The second-order valence-electron chi connectivity index (χ2n) is 5.64. The van der Waals surface area contributed by atoms with E-state index in [2.05, 4.69) is 50.1 Å². The monoisotopic (exact) mass is 262 g/mol. The molecule has 0 aliphatic rings. The maximum atomic E-state index is 5.93. The van der Waals surface area contributed by atoms with Gasteiger partial charge < -0.3 is 5.73 Å². The van der Waals surface area contributed by atoms with Gasteiger partial charge >= 0.3 is 0 Å². The zero-order chi connectivity index (χ0) is 14.1. The van der Waals surface area contributed by atoms with Crippen molar-refractivity contribution >= 4 is 0 Å². The van der Waals surface area contributed by atoms with Crippen molar-refractivity contribution in [3.05, 3.63) is 35.4 Å². The number of nitrogens with two attached hydrogens (primary N) is 1. The van der Waals surface area contributed by atoms with Gasteiger partial charge in [0, 0.05) is 19.1 Å². The fourth-order valence-corrected chi connectivity index (χ4v) is 2.55.